The molecule has 0 aromatic heterocycles. The summed E-state index contributed by atoms with van der Waals surface area (Å²) in [6.45, 7) is 8.34. The maximum Gasteiger partial charge on any atom is 0.0783 e. The Bertz CT molecular complexity index is 136. The van der Waals surface area contributed by atoms with E-state index in [0.717, 1.165) is 25.9 Å². The molecule has 66 valence electrons. The molecule has 0 unspecified atom stereocenters. The lowest BCUT2D eigenvalue weighted by molar-refractivity contribution is 0.0420. The van der Waals surface area contributed by atoms with Crippen LogP contribution >= 0.6 is 0 Å². The highest BCUT2D eigenvalue weighted by molar-refractivity contribution is 4.89. The standard InChI is InChI=1S/C9H19NO/c1-4-9(11)5-6-10(7-9)8(2)3/h8,11H,4-7H2,1-3H3/t9-/m0/s1. The fraction of sp³-hybridized carbons (Fsp3) is 1.00. The minimum absolute atomic E-state index is 0.385. The van der Waals surface area contributed by atoms with E-state index in [9.17, 15) is 5.11 Å². The molecule has 0 amide bonds. The number of likely N-dealkylation sites (tertiary alicyclic amines) is 1. The smallest absolute Gasteiger partial charge is 0.0783 e. The van der Waals surface area contributed by atoms with Crippen molar-refractivity contribution in [1.29, 1.82) is 0 Å². The van der Waals surface area contributed by atoms with Gasteiger partial charge in [-0.05, 0) is 26.7 Å². The summed E-state index contributed by atoms with van der Waals surface area (Å²) in [4.78, 5) is 2.34. The summed E-state index contributed by atoms with van der Waals surface area (Å²) < 4.78 is 0. The first-order valence-corrected chi connectivity index (χ1v) is 4.54. The summed E-state index contributed by atoms with van der Waals surface area (Å²) in [7, 11) is 0. The van der Waals surface area contributed by atoms with E-state index in [1.54, 1.807) is 0 Å². The van der Waals surface area contributed by atoms with Gasteiger partial charge in [-0.1, -0.05) is 6.92 Å². The van der Waals surface area contributed by atoms with E-state index in [4.69, 9.17) is 0 Å². The van der Waals surface area contributed by atoms with Crippen molar-refractivity contribution in [2.45, 2.75) is 45.3 Å². The molecule has 2 nitrogen and oxygen atoms in total. The molecule has 1 heterocycles. The van der Waals surface area contributed by atoms with Crippen LogP contribution < -0.4 is 0 Å². The summed E-state index contributed by atoms with van der Waals surface area (Å²) in [5.74, 6) is 0. The predicted octanol–water partition coefficient (Wildman–Crippen LogP) is 1.24. The minimum atomic E-state index is -0.385. The number of hydrogen-bond acceptors (Lipinski definition) is 2. The van der Waals surface area contributed by atoms with Gasteiger partial charge in [0.05, 0.1) is 5.60 Å². The Kier molecular flexibility index (Phi) is 2.55. The summed E-state index contributed by atoms with van der Waals surface area (Å²) in [6.07, 6.45) is 1.83. The topological polar surface area (TPSA) is 23.5 Å². The van der Waals surface area contributed by atoms with Crippen LogP contribution in [-0.4, -0.2) is 34.7 Å². The van der Waals surface area contributed by atoms with Gasteiger partial charge in [-0.25, -0.2) is 0 Å². The molecule has 0 spiro atoms. The zero-order valence-electron chi connectivity index (χ0n) is 7.80. The second-order valence-corrected chi connectivity index (χ2v) is 3.89. The molecule has 2 heteroatoms. The Balaban J connectivity index is 2.46. The molecule has 0 aliphatic carbocycles. The van der Waals surface area contributed by atoms with Crippen LogP contribution in [0.5, 0.6) is 0 Å². The van der Waals surface area contributed by atoms with Gasteiger partial charge in [-0.2, -0.15) is 0 Å². The van der Waals surface area contributed by atoms with E-state index >= 15 is 0 Å². The van der Waals surface area contributed by atoms with E-state index in [0.29, 0.717) is 6.04 Å². The van der Waals surface area contributed by atoms with Crippen molar-refractivity contribution >= 4 is 0 Å². The molecule has 1 aliphatic rings. The Morgan fingerprint density at radius 3 is 2.45 bits per heavy atom. The zero-order chi connectivity index (χ0) is 8.48. The molecule has 0 aromatic carbocycles. The molecule has 1 aliphatic heterocycles. The van der Waals surface area contributed by atoms with Gasteiger partial charge in [0.2, 0.25) is 0 Å². The van der Waals surface area contributed by atoms with Crippen LogP contribution in [0.3, 0.4) is 0 Å². The van der Waals surface area contributed by atoms with Crippen molar-refractivity contribution in [1.82, 2.24) is 4.90 Å². The highest BCUT2D eigenvalue weighted by Gasteiger charge is 2.34. The first kappa shape index (κ1) is 9.01. The van der Waals surface area contributed by atoms with Gasteiger partial charge in [-0.15, -0.1) is 0 Å². The lowest BCUT2D eigenvalue weighted by Gasteiger charge is -2.24. The van der Waals surface area contributed by atoms with Crippen LogP contribution in [-0.2, 0) is 0 Å². The van der Waals surface area contributed by atoms with Gasteiger partial charge in [-0.3, -0.25) is 4.90 Å². The van der Waals surface area contributed by atoms with Crippen LogP contribution in [0.2, 0.25) is 0 Å². The van der Waals surface area contributed by atoms with Gasteiger partial charge >= 0.3 is 0 Å². The van der Waals surface area contributed by atoms with E-state index in [2.05, 4.69) is 25.7 Å². The van der Waals surface area contributed by atoms with Crippen LogP contribution in [0.25, 0.3) is 0 Å². The normalized spacial score (nSPS) is 33.5. The molecule has 1 rings (SSSR count). The molecular formula is C9H19NO. The summed E-state index contributed by atoms with van der Waals surface area (Å²) >= 11 is 0. The van der Waals surface area contributed by atoms with Crippen LogP contribution in [0.4, 0.5) is 0 Å². The molecule has 0 radical (unpaired) electrons. The van der Waals surface area contributed by atoms with Crippen LogP contribution in [0.15, 0.2) is 0 Å². The van der Waals surface area contributed by atoms with Crippen molar-refractivity contribution in [2.24, 2.45) is 0 Å². The van der Waals surface area contributed by atoms with E-state index in [1.807, 2.05) is 0 Å². The summed E-state index contributed by atoms with van der Waals surface area (Å²) in [6, 6.07) is 0.579. The number of hydrogen-bond donors (Lipinski definition) is 1. The maximum atomic E-state index is 9.88. The van der Waals surface area contributed by atoms with Crippen molar-refractivity contribution in [3.05, 3.63) is 0 Å². The van der Waals surface area contributed by atoms with Gasteiger partial charge < -0.3 is 5.11 Å². The third-order valence-electron chi connectivity index (χ3n) is 2.75. The second-order valence-electron chi connectivity index (χ2n) is 3.89. The first-order valence-electron chi connectivity index (χ1n) is 4.54. The maximum absolute atomic E-state index is 9.88. The highest BCUT2D eigenvalue weighted by atomic mass is 16.3. The van der Waals surface area contributed by atoms with Crippen molar-refractivity contribution in [3.8, 4) is 0 Å². The number of β-amino-alcohol motifs (C(OH)–C–C–N with tert-alkyl or cyclic N) is 1. The monoisotopic (exact) mass is 157 g/mol. The van der Waals surface area contributed by atoms with Crippen molar-refractivity contribution in [3.63, 3.8) is 0 Å². The minimum Gasteiger partial charge on any atom is -0.389 e. The van der Waals surface area contributed by atoms with E-state index < -0.39 is 0 Å². The molecular weight excluding hydrogens is 138 g/mol. The summed E-state index contributed by atoms with van der Waals surface area (Å²) in [5, 5.41) is 9.88. The molecule has 0 bridgehead atoms. The van der Waals surface area contributed by atoms with Gasteiger partial charge in [0.25, 0.3) is 0 Å². The lowest BCUT2D eigenvalue weighted by Crippen LogP contribution is -2.35. The van der Waals surface area contributed by atoms with Crippen LogP contribution in [0, 0.1) is 0 Å². The number of aliphatic hydroxyl groups is 1. The fourth-order valence-electron chi connectivity index (χ4n) is 1.62. The molecule has 1 fully saturated rings. The van der Waals surface area contributed by atoms with Crippen LogP contribution in [0.1, 0.15) is 33.6 Å². The van der Waals surface area contributed by atoms with Gasteiger partial charge in [0, 0.05) is 19.1 Å². The fourth-order valence-corrected chi connectivity index (χ4v) is 1.62. The average Bonchev–Trinajstić information content (AvgIpc) is 2.33. The first-order chi connectivity index (χ1) is 5.07. The van der Waals surface area contributed by atoms with Crippen molar-refractivity contribution in [2.75, 3.05) is 13.1 Å². The quantitative estimate of drug-likeness (QED) is 0.652. The highest BCUT2D eigenvalue weighted by Crippen LogP contribution is 2.25. The second kappa shape index (κ2) is 3.11. The molecule has 1 saturated heterocycles. The largest absolute Gasteiger partial charge is 0.389 e. The Hall–Kier alpha value is -0.0800. The van der Waals surface area contributed by atoms with Gasteiger partial charge in [0.1, 0.15) is 0 Å². The van der Waals surface area contributed by atoms with E-state index in [-0.39, 0.29) is 5.60 Å². The number of nitrogens with zero attached hydrogens (tertiary/aromatic N) is 1. The number of rotatable bonds is 2. The molecule has 11 heavy (non-hydrogen) atoms. The lowest BCUT2D eigenvalue weighted by atomic mass is 10.0. The van der Waals surface area contributed by atoms with Crippen molar-refractivity contribution < 1.29 is 5.11 Å². The summed E-state index contributed by atoms with van der Waals surface area (Å²) in [5.41, 5.74) is -0.385. The SMILES string of the molecule is CC[C@]1(O)CCN(C(C)C)C1. The molecule has 0 saturated carbocycles. The molecule has 0 aromatic rings. The van der Waals surface area contributed by atoms with E-state index in [1.165, 1.54) is 0 Å². The Labute approximate surface area is 69.2 Å². The third-order valence-corrected chi connectivity index (χ3v) is 2.75. The van der Waals surface area contributed by atoms with Gasteiger partial charge in [0.15, 0.2) is 0 Å². The predicted molar refractivity (Wildman–Crippen MR) is 46.6 cm³/mol. The molecule has 1 N–H and O–H groups in total. The Morgan fingerprint density at radius 2 is 2.18 bits per heavy atom. The third kappa shape index (κ3) is 1.94. The zero-order valence-corrected chi connectivity index (χ0v) is 7.80. The molecule has 1 atom stereocenters. The average molecular weight is 157 g/mol. The Morgan fingerprint density at radius 1 is 1.55 bits per heavy atom.